The number of benzene rings is 3. The number of halogens is 1. The first-order valence-electron chi connectivity index (χ1n) is 9.06. The van der Waals surface area contributed by atoms with E-state index in [1.807, 2.05) is 32.0 Å². The van der Waals surface area contributed by atoms with Gasteiger partial charge in [0.15, 0.2) is 0 Å². The van der Waals surface area contributed by atoms with Crippen molar-refractivity contribution in [3.8, 4) is 11.1 Å². The number of anilines is 2. The molecular formula is C22H19ClN2O3S. The monoisotopic (exact) mass is 426 g/mol. The van der Waals surface area contributed by atoms with E-state index in [0.29, 0.717) is 22.0 Å². The summed E-state index contributed by atoms with van der Waals surface area (Å²) in [5.41, 5.74) is 4.34. The van der Waals surface area contributed by atoms with E-state index in [1.165, 1.54) is 4.31 Å². The molecule has 0 fully saturated rings. The van der Waals surface area contributed by atoms with Crippen LogP contribution in [0.1, 0.15) is 11.1 Å². The molecule has 3 aromatic carbocycles. The molecule has 7 heteroatoms. The second-order valence-corrected chi connectivity index (χ2v) is 9.30. The van der Waals surface area contributed by atoms with Crippen LogP contribution in [0.3, 0.4) is 0 Å². The molecule has 148 valence electrons. The molecule has 0 saturated carbocycles. The molecule has 0 spiro atoms. The Labute approximate surface area is 175 Å². The molecule has 0 atom stereocenters. The Morgan fingerprint density at radius 1 is 1.00 bits per heavy atom. The second-order valence-electron chi connectivity index (χ2n) is 7.04. The summed E-state index contributed by atoms with van der Waals surface area (Å²) in [6.07, 6.45) is 0. The van der Waals surface area contributed by atoms with Gasteiger partial charge < -0.3 is 5.32 Å². The number of carbonyl (C=O) groups excluding carboxylic acids is 1. The van der Waals surface area contributed by atoms with Crippen LogP contribution in [0.4, 0.5) is 11.4 Å². The molecule has 1 amide bonds. The van der Waals surface area contributed by atoms with E-state index in [2.05, 4.69) is 5.32 Å². The molecule has 0 aliphatic carbocycles. The molecule has 0 radical (unpaired) electrons. The summed E-state index contributed by atoms with van der Waals surface area (Å²) in [6.45, 7) is 3.46. The first-order valence-corrected chi connectivity index (χ1v) is 10.9. The Balaban J connectivity index is 1.74. The number of fused-ring (bicyclic) bond motifs is 3. The Morgan fingerprint density at radius 3 is 2.55 bits per heavy atom. The maximum absolute atomic E-state index is 13.3. The minimum absolute atomic E-state index is 0.199. The average molecular weight is 427 g/mol. The predicted molar refractivity (Wildman–Crippen MR) is 116 cm³/mol. The SMILES string of the molecule is Cc1ccc2c(c1)-c1ccccc1S(=O)(=O)N2CC(=O)Nc1cc(Cl)ccc1C. The van der Waals surface area contributed by atoms with Crippen LogP contribution in [0.15, 0.2) is 65.6 Å². The third-order valence-electron chi connectivity index (χ3n) is 4.93. The van der Waals surface area contributed by atoms with Gasteiger partial charge in [-0.15, -0.1) is 0 Å². The summed E-state index contributed by atoms with van der Waals surface area (Å²) in [5.74, 6) is -0.440. The van der Waals surface area contributed by atoms with Crippen molar-refractivity contribution in [2.45, 2.75) is 18.7 Å². The van der Waals surface area contributed by atoms with Crippen LogP contribution in [0.2, 0.25) is 5.02 Å². The highest BCUT2D eigenvalue weighted by Gasteiger charge is 2.35. The van der Waals surface area contributed by atoms with Gasteiger partial charge in [0.1, 0.15) is 6.54 Å². The zero-order valence-electron chi connectivity index (χ0n) is 15.9. The highest BCUT2D eigenvalue weighted by Crippen LogP contribution is 2.43. The van der Waals surface area contributed by atoms with Gasteiger partial charge in [-0.25, -0.2) is 8.42 Å². The first kappa shape index (κ1) is 19.5. The quantitative estimate of drug-likeness (QED) is 0.655. The topological polar surface area (TPSA) is 66.5 Å². The zero-order valence-corrected chi connectivity index (χ0v) is 17.5. The molecule has 0 unspecified atom stereocenters. The van der Waals surface area contributed by atoms with Gasteiger partial charge in [-0.2, -0.15) is 0 Å². The largest absolute Gasteiger partial charge is 0.324 e. The maximum atomic E-state index is 13.3. The maximum Gasteiger partial charge on any atom is 0.265 e. The molecule has 0 saturated heterocycles. The number of sulfonamides is 1. The van der Waals surface area contributed by atoms with Crippen molar-refractivity contribution in [2.24, 2.45) is 0 Å². The highest BCUT2D eigenvalue weighted by molar-refractivity contribution is 7.93. The molecule has 1 N–H and O–H groups in total. The lowest BCUT2D eigenvalue weighted by molar-refractivity contribution is -0.114. The zero-order chi connectivity index (χ0) is 20.8. The van der Waals surface area contributed by atoms with Crippen LogP contribution in [-0.2, 0) is 14.8 Å². The molecule has 4 rings (SSSR count). The molecule has 1 aliphatic heterocycles. The molecule has 29 heavy (non-hydrogen) atoms. The normalized spacial score (nSPS) is 14.1. The summed E-state index contributed by atoms with van der Waals surface area (Å²) < 4.78 is 27.7. The van der Waals surface area contributed by atoms with Gasteiger partial charge >= 0.3 is 0 Å². The van der Waals surface area contributed by atoms with Crippen LogP contribution in [0, 0.1) is 13.8 Å². The predicted octanol–water partition coefficient (Wildman–Crippen LogP) is 4.77. The van der Waals surface area contributed by atoms with Gasteiger partial charge in [-0.3, -0.25) is 9.10 Å². The van der Waals surface area contributed by atoms with Crippen molar-refractivity contribution in [1.29, 1.82) is 0 Å². The third kappa shape index (κ3) is 3.50. The highest BCUT2D eigenvalue weighted by atomic mass is 35.5. The standard InChI is InChI=1S/C22H19ClN2O3S/c1-14-7-10-20-18(11-14)17-5-3-4-6-21(17)29(27,28)25(20)13-22(26)24-19-12-16(23)9-8-15(19)2/h3-12H,13H2,1-2H3,(H,24,26). The Morgan fingerprint density at radius 2 is 1.76 bits per heavy atom. The molecule has 1 aliphatic rings. The van der Waals surface area contributed by atoms with E-state index in [4.69, 9.17) is 11.6 Å². The van der Waals surface area contributed by atoms with E-state index in [1.54, 1.807) is 42.5 Å². The van der Waals surface area contributed by atoms with Crippen LogP contribution >= 0.6 is 11.6 Å². The summed E-state index contributed by atoms with van der Waals surface area (Å²) in [5, 5.41) is 3.26. The van der Waals surface area contributed by atoms with Crippen molar-refractivity contribution in [3.05, 3.63) is 76.8 Å². The fraction of sp³-hybridized carbons (Fsp3) is 0.136. The minimum Gasteiger partial charge on any atom is -0.324 e. The van der Waals surface area contributed by atoms with Gasteiger partial charge in [0.25, 0.3) is 10.0 Å². The van der Waals surface area contributed by atoms with Crippen LogP contribution < -0.4 is 9.62 Å². The Kier molecular flexibility index (Phi) is 4.84. The Hall–Kier alpha value is -2.83. The van der Waals surface area contributed by atoms with E-state index in [9.17, 15) is 13.2 Å². The lowest BCUT2D eigenvalue weighted by Gasteiger charge is -2.32. The molecule has 1 heterocycles. The van der Waals surface area contributed by atoms with Crippen molar-refractivity contribution in [3.63, 3.8) is 0 Å². The first-order chi connectivity index (χ1) is 13.8. The van der Waals surface area contributed by atoms with Gasteiger partial charge in [0.05, 0.1) is 10.6 Å². The number of nitrogens with one attached hydrogen (secondary N) is 1. The van der Waals surface area contributed by atoms with Crippen molar-refractivity contribution in [2.75, 3.05) is 16.2 Å². The second kappa shape index (κ2) is 7.21. The van der Waals surface area contributed by atoms with Gasteiger partial charge in [0.2, 0.25) is 5.91 Å². The Bertz CT molecular complexity index is 1240. The molecule has 3 aromatic rings. The van der Waals surface area contributed by atoms with Gasteiger partial charge in [-0.1, -0.05) is 47.5 Å². The average Bonchev–Trinajstić information content (AvgIpc) is 2.68. The van der Waals surface area contributed by atoms with E-state index in [0.717, 1.165) is 16.7 Å². The summed E-state index contributed by atoms with van der Waals surface area (Å²) in [4.78, 5) is 13.0. The smallest absolute Gasteiger partial charge is 0.265 e. The number of amides is 1. The van der Waals surface area contributed by atoms with Gasteiger partial charge in [0, 0.05) is 21.8 Å². The van der Waals surface area contributed by atoms with E-state index in [-0.39, 0.29) is 11.4 Å². The van der Waals surface area contributed by atoms with Crippen molar-refractivity contribution < 1.29 is 13.2 Å². The van der Waals surface area contributed by atoms with E-state index >= 15 is 0 Å². The number of hydrogen-bond acceptors (Lipinski definition) is 3. The minimum atomic E-state index is -3.87. The lowest BCUT2D eigenvalue weighted by atomic mass is 10.0. The number of nitrogens with zero attached hydrogens (tertiary/aromatic N) is 1. The number of carbonyl (C=O) groups is 1. The van der Waals surface area contributed by atoms with Crippen LogP contribution in [0.5, 0.6) is 0 Å². The summed E-state index contributed by atoms with van der Waals surface area (Å²) in [6, 6.07) is 17.6. The molecule has 0 bridgehead atoms. The molecular weight excluding hydrogens is 408 g/mol. The number of rotatable bonds is 3. The van der Waals surface area contributed by atoms with Crippen LogP contribution in [-0.4, -0.2) is 20.9 Å². The van der Waals surface area contributed by atoms with E-state index < -0.39 is 15.9 Å². The molecule has 5 nitrogen and oxygen atoms in total. The lowest BCUT2D eigenvalue weighted by Crippen LogP contribution is -2.40. The number of aryl methyl sites for hydroxylation is 2. The third-order valence-corrected chi connectivity index (χ3v) is 6.98. The summed E-state index contributed by atoms with van der Waals surface area (Å²) in [7, 11) is -3.87. The van der Waals surface area contributed by atoms with Gasteiger partial charge in [-0.05, 0) is 49.7 Å². The number of hydrogen-bond donors (Lipinski definition) is 1. The van der Waals surface area contributed by atoms with Crippen molar-refractivity contribution in [1.82, 2.24) is 0 Å². The van der Waals surface area contributed by atoms with Crippen LogP contribution in [0.25, 0.3) is 11.1 Å². The fourth-order valence-corrected chi connectivity index (χ4v) is 5.29. The van der Waals surface area contributed by atoms with Crippen molar-refractivity contribution >= 4 is 38.9 Å². The summed E-state index contributed by atoms with van der Waals surface area (Å²) >= 11 is 6.02. The molecule has 0 aromatic heterocycles. The fourth-order valence-electron chi connectivity index (χ4n) is 3.46.